The Bertz CT molecular complexity index is 982. The van der Waals surface area contributed by atoms with Crippen LogP contribution in [0.5, 0.6) is 0 Å². The Morgan fingerprint density at radius 1 is 0.652 bits per heavy atom. The minimum Gasteiger partial charge on any atom is -0.436 e. The second-order valence-electron chi connectivity index (χ2n) is 5.17. The molecule has 0 saturated heterocycles. The molecule has 5 aromatic rings. The molecule has 0 unspecified atom stereocenters. The van der Waals surface area contributed by atoms with Crippen molar-refractivity contribution < 1.29 is 8.83 Å². The summed E-state index contributed by atoms with van der Waals surface area (Å²) in [5.41, 5.74) is 5.04. The Morgan fingerprint density at radius 2 is 1.13 bits per heavy atom. The van der Waals surface area contributed by atoms with E-state index in [-0.39, 0.29) is 0 Å². The lowest BCUT2D eigenvalue weighted by Gasteiger charge is -1.94. The quantitative estimate of drug-likeness (QED) is 0.439. The number of hydrogen-bond acceptors (Lipinski definition) is 5. The summed E-state index contributed by atoms with van der Waals surface area (Å²) in [5, 5.41) is 4.02. The standard InChI is InChI=1S/C18H10N2O2S/c1-3-7-15-13(5-1)19-17(21-15)11-9-23-10-12(11)18-20-14-6-2-4-8-16(14)22-18/h1-10H. The molecule has 0 atom stereocenters. The van der Waals surface area contributed by atoms with Gasteiger partial charge in [-0.3, -0.25) is 0 Å². The van der Waals surface area contributed by atoms with Crippen molar-refractivity contribution in [3.8, 4) is 22.9 Å². The molecule has 0 aliphatic rings. The van der Waals surface area contributed by atoms with Gasteiger partial charge in [-0.1, -0.05) is 24.3 Å². The molecule has 0 amide bonds. The number of rotatable bonds is 2. The normalized spacial score (nSPS) is 11.5. The molecule has 0 radical (unpaired) electrons. The predicted octanol–water partition coefficient (Wildman–Crippen LogP) is 5.36. The van der Waals surface area contributed by atoms with Crippen LogP contribution in [0.3, 0.4) is 0 Å². The van der Waals surface area contributed by atoms with Gasteiger partial charge in [0.05, 0.1) is 11.1 Å². The van der Waals surface area contributed by atoms with Gasteiger partial charge in [-0.15, -0.1) is 0 Å². The summed E-state index contributed by atoms with van der Waals surface area (Å²) in [6, 6.07) is 15.5. The highest BCUT2D eigenvalue weighted by molar-refractivity contribution is 7.08. The van der Waals surface area contributed by atoms with Crippen LogP contribution in [0, 0.1) is 0 Å². The molecule has 3 aromatic heterocycles. The average Bonchev–Trinajstić information content (AvgIpc) is 3.30. The SMILES string of the molecule is c1ccc2oc(-c3cscc3-c3nc4ccccc4o3)nc2c1. The summed E-state index contributed by atoms with van der Waals surface area (Å²) >= 11 is 1.58. The van der Waals surface area contributed by atoms with E-state index < -0.39 is 0 Å². The van der Waals surface area contributed by atoms with Crippen molar-refractivity contribution in [2.45, 2.75) is 0 Å². The molecule has 5 rings (SSSR count). The molecule has 5 heteroatoms. The number of oxazole rings is 2. The van der Waals surface area contributed by atoms with Crippen molar-refractivity contribution in [2.75, 3.05) is 0 Å². The number of benzene rings is 2. The molecule has 0 aliphatic carbocycles. The van der Waals surface area contributed by atoms with E-state index in [9.17, 15) is 0 Å². The average molecular weight is 318 g/mol. The number of thiophene rings is 1. The minimum absolute atomic E-state index is 0.588. The summed E-state index contributed by atoms with van der Waals surface area (Å²) in [6.45, 7) is 0. The molecule has 0 fully saturated rings. The van der Waals surface area contributed by atoms with E-state index in [1.165, 1.54) is 0 Å². The molecular formula is C18H10N2O2S. The maximum absolute atomic E-state index is 5.87. The van der Waals surface area contributed by atoms with E-state index in [0.29, 0.717) is 11.8 Å². The van der Waals surface area contributed by atoms with Gasteiger partial charge in [0.15, 0.2) is 11.2 Å². The van der Waals surface area contributed by atoms with E-state index in [4.69, 9.17) is 8.83 Å². The van der Waals surface area contributed by atoms with Gasteiger partial charge >= 0.3 is 0 Å². The van der Waals surface area contributed by atoms with E-state index in [1.54, 1.807) is 11.3 Å². The van der Waals surface area contributed by atoms with Gasteiger partial charge in [0, 0.05) is 10.8 Å². The molecule has 4 nitrogen and oxygen atoms in total. The van der Waals surface area contributed by atoms with Gasteiger partial charge in [-0.05, 0) is 24.3 Å². The highest BCUT2D eigenvalue weighted by Gasteiger charge is 2.18. The lowest BCUT2D eigenvalue weighted by molar-refractivity contribution is 0.612. The van der Waals surface area contributed by atoms with Gasteiger partial charge in [0.25, 0.3) is 0 Å². The van der Waals surface area contributed by atoms with Crippen LogP contribution in [-0.4, -0.2) is 9.97 Å². The fraction of sp³-hybridized carbons (Fsp3) is 0. The summed E-state index contributed by atoms with van der Waals surface area (Å²) in [4.78, 5) is 9.13. The Kier molecular flexibility index (Phi) is 2.63. The fourth-order valence-electron chi connectivity index (χ4n) is 2.60. The van der Waals surface area contributed by atoms with Crippen LogP contribution < -0.4 is 0 Å². The topological polar surface area (TPSA) is 52.1 Å². The number of aromatic nitrogens is 2. The number of hydrogen-bond donors (Lipinski definition) is 0. The molecule has 0 spiro atoms. The third kappa shape index (κ3) is 1.98. The van der Waals surface area contributed by atoms with Crippen LogP contribution in [0.25, 0.3) is 45.1 Å². The molecule has 3 heterocycles. The molecule has 0 aliphatic heterocycles. The molecule has 0 bridgehead atoms. The largest absolute Gasteiger partial charge is 0.436 e. The Balaban J connectivity index is 1.69. The second kappa shape index (κ2) is 4.79. The van der Waals surface area contributed by atoms with Crippen LogP contribution in [0.15, 0.2) is 68.1 Å². The summed E-state index contributed by atoms with van der Waals surface area (Å²) in [6.07, 6.45) is 0. The molecule has 0 saturated carbocycles. The molecular weight excluding hydrogens is 308 g/mol. The van der Waals surface area contributed by atoms with Crippen molar-refractivity contribution in [1.29, 1.82) is 0 Å². The third-order valence-electron chi connectivity index (χ3n) is 3.71. The minimum atomic E-state index is 0.588. The fourth-order valence-corrected chi connectivity index (χ4v) is 3.40. The Hall–Kier alpha value is -2.92. The number of para-hydroxylation sites is 4. The third-order valence-corrected chi connectivity index (χ3v) is 4.45. The Labute approximate surface area is 135 Å². The number of nitrogens with zero attached hydrogens (tertiary/aromatic N) is 2. The van der Waals surface area contributed by atoms with Crippen LogP contribution in [-0.2, 0) is 0 Å². The molecule has 110 valence electrons. The van der Waals surface area contributed by atoms with Crippen LogP contribution in [0.4, 0.5) is 0 Å². The van der Waals surface area contributed by atoms with Gasteiger partial charge in [-0.25, -0.2) is 9.97 Å². The first kappa shape index (κ1) is 12.6. The van der Waals surface area contributed by atoms with Gasteiger partial charge < -0.3 is 8.83 Å². The van der Waals surface area contributed by atoms with Gasteiger partial charge in [0.2, 0.25) is 11.8 Å². The maximum atomic E-state index is 5.87. The van der Waals surface area contributed by atoms with Gasteiger partial charge in [0.1, 0.15) is 11.0 Å². The van der Waals surface area contributed by atoms with E-state index in [1.807, 2.05) is 59.3 Å². The van der Waals surface area contributed by atoms with Crippen molar-refractivity contribution in [3.05, 3.63) is 59.3 Å². The highest BCUT2D eigenvalue weighted by Crippen LogP contribution is 2.36. The summed E-state index contributed by atoms with van der Waals surface area (Å²) in [5.74, 6) is 1.18. The van der Waals surface area contributed by atoms with Crippen LogP contribution in [0.2, 0.25) is 0 Å². The van der Waals surface area contributed by atoms with E-state index in [0.717, 1.165) is 33.3 Å². The van der Waals surface area contributed by atoms with Crippen LogP contribution >= 0.6 is 11.3 Å². The summed E-state index contributed by atoms with van der Waals surface area (Å²) < 4.78 is 11.7. The predicted molar refractivity (Wildman–Crippen MR) is 90.3 cm³/mol. The van der Waals surface area contributed by atoms with E-state index in [2.05, 4.69) is 9.97 Å². The van der Waals surface area contributed by atoms with Crippen molar-refractivity contribution >= 4 is 33.5 Å². The zero-order chi connectivity index (χ0) is 15.2. The second-order valence-corrected chi connectivity index (χ2v) is 5.92. The van der Waals surface area contributed by atoms with Crippen molar-refractivity contribution in [3.63, 3.8) is 0 Å². The zero-order valence-electron chi connectivity index (χ0n) is 11.9. The molecule has 2 aromatic carbocycles. The monoisotopic (exact) mass is 318 g/mol. The Morgan fingerprint density at radius 3 is 1.61 bits per heavy atom. The molecule has 0 N–H and O–H groups in total. The van der Waals surface area contributed by atoms with E-state index >= 15 is 0 Å². The maximum Gasteiger partial charge on any atom is 0.228 e. The van der Waals surface area contributed by atoms with Crippen LogP contribution in [0.1, 0.15) is 0 Å². The first-order valence-electron chi connectivity index (χ1n) is 7.16. The first-order chi connectivity index (χ1) is 11.4. The highest BCUT2D eigenvalue weighted by atomic mass is 32.1. The first-order valence-corrected chi connectivity index (χ1v) is 8.11. The summed E-state index contributed by atoms with van der Waals surface area (Å²) in [7, 11) is 0. The van der Waals surface area contributed by atoms with Crippen molar-refractivity contribution in [1.82, 2.24) is 9.97 Å². The molecule has 23 heavy (non-hydrogen) atoms. The zero-order valence-corrected chi connectivity index (χ0v) is 12.7. The van der Waals surface area contributed by atoms with Gasteiger partial charge in [-0.2, -0.15) is 11.3 Å². The lowest BCUT2D eigenvalue weighted by atomic mass is 10.2. The smallest absolute Gasteiger partial charge is 0.228 e. The van der Waals surface area contributed by atoms with Crippen molar-refractivity contribution in [2.24, 2.45) is 0 Å². The number of fused-ring (bicyclic) bond motifs is 2. The lowest BCUT2D eigenvalue weighted by Crippen LogP contribution is -1.79.